The summed E-state index contributed by atoms with van der Waals surface area (Å²) in [7, 11) is 0. The molecule has 0 fully saturated rings. The van der Waals surface area contributed by atoms with Gasteiger partial charge in [-0.25, -0.2) is 0 Å². The Morgan fingerprint density at radius 1 is 1.06 bits per heavy atom. The minimum atomic E-state index is -4.77. The molecule has 1 heterocycles. The van der Waals surface area contributed by atoms with Crippen LogP contribution >= 0.6 is 35.0 Å². The van der Waals surface area contributed by atoms with E-state index in [1.807, 2.05) is 0 Å². The van der Waals surface area contributed by atoms with Gasteiger partial charge in [0.05, 0.1) is 5.56 Å². The molecule has 0 spiro atoms. The number of hydrogen-bond donors (Lipinski definition) is 1. The molecule has 0 aliphatic rings. The van der Waals surface area contributed by atoms with Crippen molar-refractivity contribution in [1.29, 1.82) is 0 Å². The molecule has 1 amide bonds. The summed E-state index contributed by atoms with van der Waals surface area (Å²) in [6.07, 6.45) is -4.47. The van der Waals surface area contributed by atoms with E-state index >= 15 is 0 Å². The number of benzene rings is 2. The minimum absolute atomic E-state index is 0.0580. The number of amides is 1. The molecule has 2 aromatic carbocycles. The number of carbonyl (C=O) groups excluding carboxylic acids is 1. The third-order valence-electron chi connectivity index (χ3n) is 3.83. The SMILES string of the molecule is O=C(NCCc1cccc(OC(F)(F)F)c1)c1cc(Cl)nnc1Sc1ccc(Cl)cc1. The van der Waals surface area contributed by atoms with Crippen molar-refractivity contribution < 1.29 is 22.7 Å². The van der Waals surface area contributed by atoms with E-state index in [1.165, 1.54) is 36.0 Å². The topological polar surface area (TPSA) is 64.1 Å². The lowest BCUT2D eigenvalue weighted by Gasteiger charge is -2.11. The van der Waals surface area contributed by atoms with Crippen LogP contribution in [-0.4, -0.2) is 29.0 Å². The number of aromatic nitrogens is 2. The van der Waals surface area contributed by atoms with Crippen LogP contribution in [0.4, 0.5) is 13.2 Å². The quantitative estimate of drug-likeness (QED) is 0.455. The lowest BCUT2D eigenvalue weighted by atomic mass is 10.1. The van der Waals surface area contributed by atoms with E-state index in [-0.39, 0.29) is 23.0 Å². The van der Waals surface area contributed by atoms with Gasteiger partial charge in [0.15, 0.2) is 5.15 Å². The van der Waals surface area contributed by atoms with Crippen LogP contribution in [0.25, 0.3) is 0 Å². The Morgan fingerprint density at radius 2 is 1.81 bits per heavy atom. The lowest BCUT2D eigenvalue weighted by Crippen LogP contribution is -2.26. The summed E-state index contributed by atoms with van der Waals surface area (Å²) >= 11 is 13.0. The van der Waals surface area contributed by atoms with Crippen LogP contribution in [0.5, 0.6) is 5.75 Å². The van der Waals surface area contributed by atoms with Gasteiger partial charge in [0.2, 0.25) is 0 Å². The molecule has 1 aromatic heterocycles. The molecule has 0 aliphatic heterocycles. The predicted molar refractivity (Wildman–Crippen MR) is 112 cm³/mol. The maximum Gasteiger partial charge on any atom is 0.573 e. The fraction of sp³-hybridized carbons (Fsp3) is 0.150. The average Bonchev–Trinajstić information content (AvgIpc) is 2.70. The van der Waals surface area contributed by atoms with Gasteiger partial charge in [-0.3, -0.25) is 4.79 Å². The van der Waals surface area contributed by atoms with Crippen molar-refractivity contribution in [2.75, 3.05) is 6.54 Å². The number of nitrogens with zero attached hydrogens (tertiary/aromatic N) is 2. The number of alkyl halides is 3. The number of ether oxygens (including phenoxy) is 1. The van der Waals surface area contributed by atoms with Crippen LogP contribution in [-0.2, 0) is 6.42 Å². The van der Waals surface area contributed by atoms with Crippen molar-refractivity contribution in [3.63, 3.8) is 0 Å². The summed E-state index contributed by atoms with van der Waals surface area (Å²) < 4.78 is 41.0. The van der Waals surface area contributed by atoms with Gasteiger partial charge in [0.25, 0.3) is 5.91 Å². The molecule has 0 saturated heterocycles. The van der Waals surface area contributed by atoms with Gasteiger partial charge in [-0.15, -0.1) is 23.4 Å². The Labute approximate surface area is 189 Å². The highest BCUT2D eigenvalue weighted by atomic mass is 35.5. The summed E-state index contributed by atoms with van der Waals surface area (Å²) in [6, 6.07) is 14.0. The average molecular weight is 488 g/mol. The van der Waals surface area contributed by atoms with Gasteiger partial charge < -0.3 is 10.1 Å². The number of carbonyl (C=O) groups is 1. The van der Waals surface area contributed by atoms with Crippen LogP contribution in [0.3, 0.4) is 0 Å². The summed E-state index contributed by atoms with van der Waals surface area (Å²) in [5.74, 6) is -0.751. The molecular weight excluding hydrogens is 474 g/mol. The smallest absolute Gasteiger partial charge is 0.406 e. The Hall–Kier alpha value is -2.49. The van der Waals surface area contributed by atoms with E-state index in [1.54, 1.807) is 30.3 Å². The van der Waals surface area contributed by atoms with Crippen molar-refractivity contribution in [3.8, 4) is 5.75 Å². The van der Waals surface area contributed by atoms with Crippen molar-refractivity contribution in [2.24, 2.45) is 0 Å². The molecule has 1 N–H and O–H groups in total. The lowest BCUT2D eigenvalue weighted by molar-refractivity contribution is -0.274. The van der Waals surface area contributed by atoms with Crippen LogP contribution < -0.4 is 10.1 Å². The normalized spacial score (nSPS) is 11.3. The van der Waals surface area contributed by atoms with Crippen molar-refractivity contribution in [2.45, 2.75) is 22.7 Å². The monoisotopic (exact) mass is 487 g/mol. The minimum Gasteiger partial charge on any atom is -0.406 e. The molecule has 0 unspecified atom stereocenters. The van der Waals surface area contributed by atoms with Crippen LogP contribution in [0.1, 0.15) is 15.9 Å². The van der Waals surface area contributed by atoms with E-state index in [0.717, 1.165) is 4.90 Å². The fourth-order valence-electron chi connectivity index (χ4n) is 2.52. The van der Waals surface area contributed by atoms with Gasteiger partial charge in [-0.2, -0.15) is 0 Å². The zero-order valence-electron chi connectivity index (χ0n) is 15.6. The Kier molecular flexibility index (Phi) is 7.64. The third kappa shape index (κ3) is 7.30. The van der Waals surface area contributed by atoms with Gasteiger partial charge in [0.1, 0.15) is 10.8 Å². The zero-order valence-corrected chi connectivity index (χ0v) is 17.9. The maximum absolute atomic E-state index is 12.7. The highest BCUT2D eigenvalue weighted by Gasteiger charge is 2.31. The first-order valence-electron chi connectivity index (χ1n) is 8.79. The molecule has 0 bridgehead atoms. The van der Waals surface area contributed by atoms with E-state index < -0.39 is 12.3 Å². The first-order valence-corrected chi connectivity index (χ1v) is 10.4. The first-order chi connectivity index (χ1) is 14.7. The van der Waals surface area contributed by atoms with Gasteiger partial charge >= 0.3 is 6.36 Å². The molecule has 0 atom stereocenters. The first kappa shape index (κ1) is 23.2. The maximum atomic E-state index is 12.7. The molecule has 0 aliphatic carbocycles. The van der Waals surface area contributed by atoms with Gasteiger partial charge in [-0.1, -0.05) is 47.1 Å². The largest absolute Gasteiger partial charge is 0.573 e. The second kappa shape index (κ2) is 10.2. The van der Waals surface area contributed by atoms with Crippen LogP contribution in [0.2, 0.25) is 10.2 Å². The highest BCUT2D eigenvalue weighted by molar-refractivity contribution is 7.99. The van der Waals surface area contributed by atoms with Crippen molar-refractivity contribution in [3.05, 3.63) is 75.9 Å². The molecule has 162 valence electrons. The Balaban J connectivity index is 1.65. The number of halogens is 5. The van der Waals surface area contributed by atoms with Gasteiger partial charge in [0, 0.05) is 16.5 Å². The summed E-state index contributed by atoms with van der Waals surface area (Å²) in [6.45, 7) is 0.180. The number of rotatable bonds is 7. The Bertz CT molecular complexity index is 1070. The van der Waals surface area contributed by atoms with Crippen molar-refractivity contribution >= 4 is 40.9 Å². The second-order valence-corrected chi connectivity index (χ2v) is 8.03. The van der Waals surface area contributed by atoms with Gasteiger partial charge in [-0.05, 0) is 54.4 Å². The van der Waals surface area contributed by atoms with E-state index in [0.29, 0.717) is 22.0 Å². The second-order valence-electron chi connectivity index (χ2n) is 6.14. The summed E-state index contributed by atoms with van der Waals surface area (Å²) in [5, 5.41) is 11.5. The summed E-state index contributed by atoms with van der Waals surface area (Å²) in [5.41, 5.74) is 0.804. The molecule has 3 rings (SSSR count). The zero-order chi connectivity index (χ0) is 22.4. The van der Waals surface area contributed by atoms with E-state index in [9.17, 15) is 18.0 Å². The number of hydrogen-bond acceptors (Lipinski definition) is 5. The molecule has 0 radical (unpaired) electrons. The molecule has 0 saturated carbocycles. The van der Waals surface area contributed by atoms with Crippen LogP contribution in [0, 0.1) is 0 Å². The van der Waals surface area contributed by atoms with Crippen molar-refractivity contribution in [1.82, 2.24) is 15.5 Å². The third-order valence-corrected chi connectivity index (χ3v) is 5.27. The molecule has 3 aromatic rings. The summed E-state index contributed by atoms with van der Waals surface area (Å²) in [4.78, 5) is 13.5. The predicted octanol–water partition coefficient (Wildman–Crippen LogP) is 5.81. The molecular formula is C20H14Cl2F3N3O2S. The van der Waals surface area contributed by atoms with Crippen LogP contribution in [0.15, 0.2) is 64.5 Å². The fourth-order valence-corrected chi connectivity index (χ4v) is 3.63. The van der Waals surface area contributed by atoms with E-state index in [4.69, 9.17) is 23.2 Å². The number of nitrogens with one attached hydrogen (secondary N) is 1. The Morgan fingerprint density at radius 3 is 2.52 bits per heavy atom. The molecule has 5 nitrogen and oxygen atoms in total. The highest BCUT2D eigenvalue weighted by Crippen LogP contribution is 2.30. The molecule has 31 heavy (non-hydrogen) atoms. The van der Waals surface area contributed by atoms with E-state index in [2.05, 4.69) is 20.3 Å². The molecule has 11 heteroatoms. The standard InChI is InChI=1S/C20H14Cl2F3N3O2S/c21-13-4-6-15(7-5-13)31-19-16(11-17(22)27-28-19)18(29)26-9-8-12-2-1-3-14(10-12)30-20(23,24)25/h1-7,10-11H,8-9H2,(H,26,29).